The fraction of sp³-hybridized carbons (Fsp3) is 0.391. The Hall–Kier alpha value is -1.81. The van der Waals surface area contributed by atoms with E-state index in [0.717, 1.165) is 27.0 Å². The molecule has 2 rings (SSSR count). The molecular formula is C23H28BrCl2N3O4S. The Kier molecular flexibility index (Phi) is 10.2. The largest absolute Gasteiger partial charge is 0.352 e. The van der Waals surface area contributed by atoms with Crippen molar-refractivity contribution in [2.75, 3.05) is 17.1 Å². The van der Waals surface area contributed by atoms with Gasteiger partial charge >= 0.3 is 0 Å². The second kappa shape index (κ2) is 12.2. The molecule has 0 heterocycles. The van der Waals surface area contributed by atoms with Gasteiger partial charge in [0.25, 0.3) is 0 Å². The Bertz CT molecular complexity index is 1130. The van der Waals surface area contributed by atoms with Crippen molar-refractivity contribution in [2.24, 2.45) is 0 Å². The van der Waals surface area contributed by atoms with Gasteiger partial charge in [-0.1, -0.05) is 58.2 Å². The van der Waals surface area contributed by atoms with E-state index in [-0.39, 0.29) is 34.2 Å². The van der Waals surface area contributed by atoms with Crippen LogP contribution in [0.15, 0.2) is 46.9 Å². The first-order valence-electron chi connectivity index (χ1n) is 10.6. The Morgan fingerprint density at radius 2 is 1.68 bits per heavy atom. The Morgan fingerprint density at radius 1 is 1.06 bits per heavy atom. The summed E-state index contributed by atoms with van der Waals surface area (Å²) in [5.41, 5.74) is 0.991. The topological polar surface area (TPSA) is 86.8 Å². The van der Waals surface area contributed by atoms with Crippen LogP contribution < -0.4 is 9.62 Å². The fourth-order valence-corrected chi connectivity index (χ4v) is 4.49. The van der Waals surface area contributed by atoms with Crippen LogP contribution in [0.2, 0.25) is 10.0 Å². The van der Waals surface area contributed by atoms with Gasteiger partial charge < -0.3 is 10.2 Å². The van der Waals surface area contributed by atoms with Gasteiger partial charge in [0.15, 0.2) is 0 Å². The molecule has 0 saturated carbocycles. The third kappa shape index (κ3) is 7.86. The number of carbonyl (C=O) groups is 2. The fourth-order valence-electron chi connectivity index (χ4n) is 3.09. The van der Waals surface area contributed by atoms with Gasteiger partial charge in [-0.3, -0.25) is 13.9 Å². The predicted molar refractivity (Wildman–Crippen MR) is 141 cm³/mol. The lowest BCUT2D eigenvalue weighted by Crippen LogP contribution is -2.52. The number of amides is 2. The van der Waals surface area contributed by atoms with Crippen LogP contribution in [0, 0.1) is 0 Å². The van der Waals surface area contributed by atoms with Crippen molar-refractivity contribution >= 4 is 66.7 Å². The number of anilines is 1. The van der Waals surface area contributed by atoms with E-state index in [1.54, 1.807) is 6.92 Å². The number of carbonyl (C=O) groups excluding carboxylic acids is 2. The molecule has 0 spiro atoms. The second-order valence-electron chi connectivity index (χ2n) is 8.01. The SMILES string of the molecule is CC[C@H](C)NC(=O)[C@@H](C)N(Cc1ccc(Br)cc1)C(=O)CN(c1ccc(Cl)c(Cl)c1)S(C)(=O)=O. The monoisotopic (exact) mass is 591 g/mol. The van der Waals surface area contributed by atoms with Crippen molar-refractivity contribution in [1.82, 2.24) is 10.2 Å². The number of hydrogen-bond acceptors (Lipinski definition) is 4. The highest BCUT2D eigenvalue weighted by molar-refractivity contribution is 9.10. The first-order valence-corrected chi connectivity index (χ1v) is 14.0. The van der Waals surface area contributed by atoms with Gasteiger partial charge in [-0.05, 0) is 56.2 Å². The average Bonchev–Trinajstić information content (AvgIpc) is 2.77. The molecule has 0 aliphatic carbocycles. The summed E-state index contributed by atoms with van der Waals surface area (Å²) in [6, 6.07) is 10.7. The van der Waals surface area contributed by atoms with Crippen LogP contribution in [0.25, 0.3) is 0 Å². The van der Waals surface area contributed by atoms with Gasteiger partial charge in [0.1, 0.15) is 12.6 Å². The standard InChI is InChI=1S/C23H28BrCl2N3O4S/c1-5-15(2)27-23(31)16(3)28(13-17-6-8-18(24)9-7-17)22(30)14-29(34(4,32)33)19-10-11-20(25)21(26)12-19/h6-12,15-16H,5,13-14H2,1-4H3,(H,27,31)/t15-,16+/m0/s1. The van der Waals surface area contributed by atoms with Crippen LogP contribution in [0.3, 0.4) is 0 Å². The maximum absolute atomic E-state index is 13.5. The molecule has 0 fully saturated rings. The van der Waals surface area contributed by atoms with Gasteiger partial charge in [-0.2, -0.15) is 0 Å². The molecule has 0 aliphatic heterocycles. The van der Waals surface area contributed by atoms with Crippen molar-refractivity contribution < 1.29 is 18.0 Å². The number of nitrogens with one attached hydrogen (secondary N) is 1. The highest BCUT2D eigenvalue weighted by Gasteiger charge is 2.30. The van der Waals surface area contributed by atoms with Gasteiger partial charge in [0.2, 0.25) is 21.8 Å². The van der Waals surface area contributed by atoms with Crippen LogP contribution in [-0.2, 0) is 26.2 Å². The van der Waals surface area contributed by atoms with E-state index in [4.69, 9.17) is 23.2 Å². The highest BCUT2D eigenvalue weighted by Crippen LogP contribution is 2.28. The lowest BCUT2D eigenvalue weighted by Gasteiger charge is -2.32. The van der Waals surface area contributed by atoms with Crippen molar-refractivity contribution in [3.8, 4) is 0 Å². The molecule has 186 valence electrons. The van der Waals surface area contributed by atoms with Gasteiger partial charge in [-0.25, -0.2) is 8.42 Å². The molecule has 2 aromatic rings. The molecule has 0 aliphatic rings. The highest BCUT2D eigenvalue weighted by atomic mass is 79.9. The third-order valence-corrected chi connectivity index (χ3v) is 7.71. The number of sulfonamides is 1. The first-order chi connectivity index (χ1) is 15.8. The Labute approximate surface area is 219 Å². The van der Waals surface area contributed by atoms with E-state index in [1.165, 1.54) is 23.1 Å². The average molecular weight is 593 g/mol. The van der Waals surface area contributed by atoms with E-state index in [9.17, 15) is 18.0 Å². The number of hydrogen-bond donors (Lipinski definition) is 1. The van der Waals surface area contributed by atoms with Crippen molar-refractivity contribution in [3.05, 3.63) is 62.5 Å². The van der Waals surface area contributed by atoms with Crippen molar-refractivity contribution in [3.63, 3.8) is 0 Å². The third-order valence-electron chi connectivity index (χ3n) is 5.30. The maximum Gasteiger partial charge on any atom is 0.244 e. The first kappa shape index (κ1) is 28.4. The molecule has 34 heavy (non-hydrogen) atoms. The van der Waals surface area contributed by atoms with E-state index in [2.05, 4.69) is 21.2 Å². The van der Waals surface area contributed by atoms with Gasteiger partial charge in [0.05, 0.1) is 22.0 Å². The number of nitrogens with zero attached hydrogens (tertiary/aromatic N) is 2. The molecule has 0 saturated heterocycles. The van der Waals surface area contributed by atoms with Crippen LogP contribution >= 0.6 is 39.1 Å². The van der Waals surface area contributed by atoms with E-state index in [1.807, 2.05) is 38.1 Å². The molecule has 2 amide bonds. The number of benzene rings is 2. The minimum absolute atomic E-state index is 0.0664. The van der Waals surface area contributed by atoms with Gasteiger partial charge in [-0.15, -0.1) is 0 Å². The summed E-state index contributed by atoms with van der Waals surface area (Å²) in [6.45, 7) is 5.07. The van der Waals surface area contributed by atoms with E-state index >= 15 is 0 Å². The summed E-state index contributed by atoms with van der Waals surface area (Å²) < 4.78 is 27.0. The van der Waals surface area contributed by atoms with Crippen LogP contribution in [-0.4, -0.2) is 50.0 Å². The van der Waals surface area contributed by atoms with Crippen LogP contribution in [0.4, 0.5) is 5.69 Å². The molecule has 0 aromatic heterocycles. The minimum atomic E-state index is -3.85. The lowest BCUT2D eigenvalue weighted by atomic mass is 10.1. The summed E-state index contributed by atoms with van der Waals surface area (Å²) in [6.07, 6.45) is 1.74. The van der Waals surface area contributed by atoms with Crippen LogP contribution in [0.1, 0.15) is 32.8 Å². The van der Waals surface area contributed by atoms with Crippen molar-refractivity contribution in [1.29, 1.82) is 0 Å². The molecule has 0 bridgehead atoms. The Balaban J connectivity index is 2.39. The maximum atomic E-state index is 13.5. The summed E-state index contributed by atoms with van der Waals surface area (Å²) in [5.74, 6) is -0.855. The molecular weight excluding hydrogens is 565 g/mol. The van der Waals surface area contributed by atoms with Crippen LogP contribution in [0.5, 0.6) is 0 Å². The molecule has 2 aromatic carbocycles. The lowest BCUT2D eigenvalue weighted by molar-refractivity contribution is -0.139. The zero-order chi connectivity index (χ0) is 25.6. The summed E-state index contributed by atoms with van der Waals surface area (Å²) in [7, 11) is -3.85. The smallest absolute Gasteiger partial charge is 0.244 e. The summed E-state index contributed by atoms with van der Waals surface area (Å²) in [5, 5.41) is 3.31. The zero-order valence-corrected chi connectivity index (χ0v) is 23.3. The van der Waals surface area contributed by atoms with Gasteiger partial charge in [0, 0.05) is 17.1 Å². The quantitative estimate of drug-likeness (QED) is 0.427. The summed E-state index contributed by atoms with van der Waals surface area (Å²) in [4.78, 5) is 27.7. The van der Waals surface area contributed by atoms with E-state index in [0.29, 0.717) is 0 Å². The van der Waals surface area contributed by atoms with E-state index < -0.39 is 28.5 Å². The second-order valence-corrected chi connectivity index (χ2v) is 11.6. The molecule has 2 atom stereocenters. The Morgan fingerprint density at radius 3 is 2.21 bits per heavy atom. The zero-order valence-electron chi connectivity index (χ0n) is 19.4. The molecule has 0 unspecified atom stereocenters. The number of halogens is 3. The summed E-state index contributed by atoms with van der Waals surface area (Å²) >= 11 is 15.4. The molecule has 0 radical (unpaired) electrons. The minimum Gasteiger partial charge on any atom is -0.352 e. The number of rotatable bonds is 10. The predicted octanol–water partition coefficient (Wildman–Crippen LogP) is 4.85. The molecule has 11 heteroatoms. The normalized spacial score (nSPS) is 13.1. The molecule has 7 nitrogen and oxygen atoms in total. The van der Waals surface area contributed by atoms with Crippen molar-refractivity contribution in [2.45, 2.75) is 45.8 Å². The molecule has 1 N–H and O–H groups in total.